The molecule has 17 heavy (non-hydrogen) atoms. The molecule has 0 spiro atoms. The standard InChI is InChI=1S/C15H18OS/c1-2-3-10-17-15-13(11-16)9-8-12-6-4-5-7-14(12)15/h4-7,11H,2-3,8-10H2,1H3. The van der Waals surface area contributed by atoms with Crippen LogP contribution in [0.15, 0.2) is 29.8 Å². The van der Waals surface area contributed by atoms with Gasteiger partial charge in [0.2, 0.25) is 0 Å². The van der Waals surface area contributed by atoms with Gasteiger partial charge in [-0.25, -0.2) is 0 Å². The van der Waals surface area contributed by atoms with Gasteiger partial charge in [0, 0.05) is 10.5 Å². The molecule has 0 aromatic heterocycles. The van der Waals surface area contributed by atoms with Gasteiger partial charge in [-0.05, 0) is 36.1 Å². The van der Waals surface area contributed by atoms with E-state index in [0.29, 0.717) is 0 Å². The lowest BCUT2D eigenvalue weighted by atomic mass is 9.92. The Labute approximate surface area is 107 Å². The van der Waals surface area contributed by atoms with E-state index in [2.05, 4.69) is 31.2 Å². The molecule has 0 unspecified atom stereocenters. The van der Waals surface area contributed by atoms with Crippen LogP contribution >= 0.6 is 11.8 Å². The molecule has 0 saturated heterocycles. The molecule has 2 rings (SSSR count). The van der Waals surface area contributed by atoms with Crippen molar-refractivity contribution in [2.45, 2.75) is 32.6 Å². The van der Waals surface area contributed by atoms with Crippen molar-refractivity contribution in [2.75, 3.05) is 5.75 Å². The van der Waals surface area contributed by atoms with E-state index in [1.54, 1.807) is 0 Å². The molecule has 0 saturated carbocycles. The van der Waals surface area contributed by atoms with Crippen molar-refractivity contribution in [2.24, 2.45) is 0 Å². The van der Waals surface area contributed by atoms with Crippen LogP contribution in [0.4, 0.5) is 0 Å². The van der Waals surface area contributed by atoms with E-state index in [9.17, 15) is 4.79 Å². The number of aldehydes is 1. The number of unbranched alkanes of at least 4 members (excludes halogenated alkanes) is 1. The minimum atomic E-state index is 0.898. The Kier molecular flexibility index (Phi) is 4.43. The summed E-state index contributed by atoms with van der Waals surface area (Å²) in [6.07, 6.45) is 5.36. The Morgan fingerprint density at radius 2 is 2.12 bits per heavy atom. The smallest absolute Gasteiger partial charge is 0.147 e. The molecule has 2 heteroatoms. The van der Waals surface area contributed by atoms with Gasteiger partial charge < -0.3 is 0 Å². The van der Waals surface area contributed by atoms with E-state index >= 15 is 0 Å². The van der Waals surface area contributed by atoms with Gasteiger partial charge in [-0.2, -0.15) is 0 Å². The third-order valence-corrected chi connectivity index (χ3v) is 4.37. The fourth-order valence-electron chi connectivity index (χ4n) is 2.12. The topological polar surface area (TPSA) is 17.1 Å². The number of carbonyl (C=O) groups is 1. The number of benzene rings is 1. The van der Waals surface area contributed by atoms with E-state index < -0.39 is 0 Å². The van der Waals surface area contributed by atoms with Crippen LogP contribution in [0.25, 0.3) is 4.91 Å². The van der Waals surface area contributed by atoms with Crippen molar-refractivity contribution in [3.05, 3.63) is 41.0 Å². The van der Waals surface area contributed by atoms with Crippen LogP contribution in [0.1, 0.15) is 37.3 Å². The molecule has 1 aliphatic carbocycles. The average molecular weight is 246 g/mol. The minimum Gasteiger partial charge on any atom is -0.298 e. The summed E-state index contributed by atoms with van der Waals surface area (Å²) in [5.74, 6) is 1.11. The molecular formula is C15H18OS. The first-order valence-electron chi connectivity index (χ1n) is 6.26. The normalized spacial score (nSPS) is 14.6. The minimum absolute atomic E-state index is 0.898. The summed E-state index contributed by atoms with van der Waals surface area (Å²) in [5, 5.41) is 0. The molecule has 1 aromatic carbocycles. The molecule has 0 bridgehead atoms. The number of thioether (sulfide) groups is 1. The van der Waals surface area contributed by atoms with Crippen molar-refractivity contribution >= 4 is 23.0 Å². The third kappa shape index (κ3) is 2.81. The highest BCUT2D eigenvalue weighted by molar-refractivity contribution is 8.08. The highest BCUT2D eigenvalue weighted by Gasteiger charge is 2.18. The first-order valence-corrected chi connectivity index (χ1v) is 7.24. The summed E-state index contributed by atoms with van der Waals surface area (Å²) >= 11 is 1.85. The van der Waals surface area contributed by atoms with Crippen molar-refractivity contribution in [1.29, 1.82) is 0 Å². The summed E-state index contributed by atoms with van der Waals surface area (Å²) in [4.78, 5) is 12.4. The molecule has 0 N–H and O–H groups in total. The molecule has 1 aliphatic rings. The lowest BCUT2D eigenvalue weighted by molar-refractivity contribution is -0.105. The molecule has 0 atom stereocenters. The van der Waals surface area contributed by atoms with Gasteiger partial charge >= 0.3 is 0 Å². The summed E-state index contributed by atoms with van der Waals surface area (Å²) in [5.41, 5.74) is 3.66. The maximum Gasteiger partial charge on any atom is 0.147 e. The second-order valence-electron chi connectivity index (χ2n) is 4.33. The van der Waals surface area contributed by atoms with Crippen LogP contribution in [0.3, 0.4) is 0 Å². The van der Waals surface area contributed by atoms with Crippen molar-refractivity contribution < 1.29 is 4.79 Å². The summed E-state index contributed by atoms with van der Waals surface area (Å²) in [6.45, 7) is 2.20. The Morgan fingerprint density at radius 1 is 1.29 bits per heavy atom. The first kappa shape index (κ1) is 12.4. The zero-order valence-electron chi connectivity index (χ0n) is 10.2. The van der Waals surface area contributed by atoms with Crippen LogP contribution in [0, 0.1) is 0 Å². The highest BCUT2D eigenvalue weighted by atomic mass is 32.2. The zero-order chi connectivity index (χ0) is 12.1. The molecule has 0 amide bonds. The average Bonchev–Trinajstić information content (AvgIpc) is 2.39. The van der Waals surface area contributed by atoms with Gasteiger partial charge in [0.1, 0.15) is 6.29 Å². The molecule has 0 fully saturated rings. The molecule has 0 heterocycles. The number of carbonyl (C=O) groups excluding carboxylic acids is 1. The molecule has 0 radical (unpaired) electrons. The Balaban J connectivity index is 2.28. The number of hydrogen-bond donors (Lipinski definition) is 0. The monoisotopic (exact) mass is 246 g/mol. The largest absolute Gasteiger partial charge is 0.298 e. The second-order valence-corrected chi connectivity index (χ2v) is 5.44. The number of aryl methyl sites for hydroxylation is 1. The van der Waals surface area contributed by atoms with Gasteiger partial charge in [0.05, 0.1) is 0 Å². The quantitative estimate of drug-likeness (QED) is 0.575. The maximum absolute atomic E-state index is 11.1. The summed E-state index contributed by atoms with van der Waals surface area (Å²) in [7, 11) is 0. The van der Waals surface area contributed by atoms with E-state index in [4.69, 9.17) is 0 Å². The van der Waals surface area contributed by atoms with E-state index in [1.165, 1.54) is 28.9 Å². The van der Waals surface area contributed by atoms with Crippen LogP contribution in [0.5, 0.6) is 0 Å². The molecule has 90 valence electrons. The van der Waals surface area contributed by atoms with Gasteiger partial charge in [0.15, 0.2) is 0 Å². The van der Waals surface area contributed by atoms with Crippen molar-refractivity contribution in [3.63, 3.8) is 0 Å². The van der Waals surface area contributed by atoms with Crippen molar-refractivity contribution in [1.82, 2.24) is 0 Å². The predicted octanol–water partition coefficient (Wildman–Crippen LogP) is 4.08. The van der Waals surface area contributed by atoms with E-state index in [-0.39, 0.29) is 0 Å². The Morgan fingerprint density at radius 3 is 2.88 bits per heavy atom. The third-order valence-electron chi connectivity index (χ3n) is 3.10. The Bertz CT molecular complexity index is 434. The zero-order valence-corrected chi connectivity index (χ0v) is 11.1. The fraction of sp³-hybridized carbons (Fsp3) is 0.400. The predicted molar refractivity (Wildman–Crippen MR) is 75.1 cm³/mol. The van der Waals surface area contributed by atoms with Gasteiger partial charge in [0.25, 0.3) is 0 Å². The Hall–Kier alpha value is -1.02. The number of fused-ring (bicyclic) bond motifs is 1. The number of allylic oxidation sites excluding steroid dienone is 1. The van der Waals surface area contributed by atoms with E-state index in [1.807, 2.05) is 11.8 Å². The van der Waals surface area contributed by atoms with Crippen LogP contribution < -0.4 is 0 Å². The fourth-order valence-corrected chi connectivity index (χ4v) is 3.44. The maximum atomic E-state index is 11.1. The van der Waals surface area contributed by atoms with Gasteiger partial charge in [-0.15, -0.1) is 11.8 Å². The summed E-state index contributed by atoms with van der Waals surface area (Å²) in [6, 6.07) is 8.47. The van der Waals surface area contributed by atoms with Crippen LogP contribution in [0.2, 0.25) is 0 Å². The molecule has 1 nitrogen and oxygen atoms in total. The first-order chi connectivity index (χ1) is 8.36. The van der Waals surface area contributed by atoms with Gasteiger partial charge in [-0.1, -0.05) is 37.6 Å². The number of rotatable bonds is 5. The molecule has 0 aliphatic heterocycles. The lowest BCUT2D eigenvalue weighted by Crippen LogP contribution is -2.04. The number of hydrogen-bond acceptors (Lipinski definition) is 2. The SMILES string of the molecule is CCCCSC1=C(C=O)CCc2ccccc21. The van der Waals surface area contributed by atoms with Crippen LogP contribution in [-0.2, 0) is 11.2 Å². The van der Waals surface area contributed by atoms with Crippen molar-refractivity contribution in [3.8, 4) is 0 Å². The lowest BCUT2D eigenvalue weighted by Gasteiger charge is -2.20. The van der Waals surface area contributed by atoms with Crippen LogP contribution in [-0.4, -0.2) is 12.0 Å². The summed E-state index contributed by atoms with van der Waals surface area (Å²) < 4.78 is 0. The highest BCUT2D eigenvalue weighted by Crippen LogP contribution is 2.38. The van der Waals surface area contributed by atoms with Gasteiger partial charge in [-0.3, -0.25) is 4.79 Å². The van der Waals surface area contributed by atoms with E-state index in [0.717, 1.165) is 30.5 Å². The molecule has 1 aromatic rings. The second kappa shape index (κ2) is 6.06. The molecular weight excluding hydrogens is 228 g/mol.